The lowest BCUT2D eigenvalue weighted by atomic mass is 10.0. The van der Waals surface area contributed by atoms with Gasteiger partial charge in [0, 0.05) is 37.9 Å². The SMILES string of the molecule is CC(=O)O[C@@H]1[C@@H](OC(C)=O)[C@H](OC(C)=O)CO[C@H]1n1cc(C=O)c2c(F)cccc21. The van der Waals surface area contributed by atoms with Crippen LogP contribution in [-0.4, -0.2) is 53.7 Å². The first-order valence-electron chi connectivity index (χ1n) is 9.10. The molecule has 1 aliphatic rings. The fourth-order valence-electron chi connectivity index (χ4n) is 3.56. The molecule has 3 rings (SSSR count). The van der Waals surface area contributed by atoms with E-state index in [0.717, 1.165) is 13.8 Å². The van der Waals surface area contributed by atoms with Gasteiger partial charge in [0.2, 0.25) is 0 Å². The van der Waals surface area contributed by atoms with Crippen LogP contribution in [0.4, 0.5) is 4.39 Å². The molecule has 9 nitrogen and oxygen atoms in total. The molecule has 4 atom stereocenters. The van der Waals surface area contributed by atoms with Gasteiger partial charge >= 0.3 is 17.9 Å². The Morgan fingerprint density at radius 1 is 1.07 bits per heavy atom. The van der Waals surface area contributed by atoms with Gasteiger partial charge in [-0.15, -0.1) is 0 Å². The monoisotopic (exact) mass is 421 g/mol. The highest BCUT2D eigenvalue weighted by Gasteiger charge is 2.48. The second-order valence-electron chi connectivity index (χ2n) is 6.76. The largest absolute Gasteiger partial charge is 0.456 e. The maximum atomic E-state index is 14.4. The summed E-state index contributed by atoms with van der Waals surface area (Å²) in [4.78, 5) is 46.4. The van der Waals surface area contributed by atoms with E-state index in [0.29, 0.717) is 11.8 Å². The van der Waals surface area contributed by atoms with Crippen molar-refractivity contribution in [3.63, 3.8) is 0 Å². The summed E-state index contributed by atoms with van der Waals surface area (Å²) in [6.07, 6.45) is -2.67. The number of benzene rings is 1. The normalized spacial score (nSPS) is 23.6. The molecule has 0 bridgehead atoms. The lowest BCUT2D eigenvalue weighted by molar-refractivity contribution is -0.239. The fourth-order valence-corrected chi connectivity index (χ4v) is 3.56. The molecule has 0 amide bonds. The smallest absolute Gasteiger partial charge is 0.303 e. The first-order valence-corrected chi connectivity index (χ1v) is 9.10. The molecule has 2 aromatic rings. The Hall–Kier alpha value is -3.27. The third kappa shape index (κ3) is 4.18. The van der Waals surface area contributed by atoms with Crippen LogP contribution in [0.3, 0.4) is 0 Å². The maximum Gasteiger partial charge on any atom is 0.303 e. The molecule has 1 saturated heterocycles. The second kappa shape index (κ2) is 8.62. The Kier molecular flexibility index (Phi) is 6.16. The van der Waals surface area contributed by atoms with Gasteiger partial charge in [0.1, 0.15) is 5.82 Å². The van der Waals surface area contributed by atoms with E-state index in [2.05, 4.69) is 0 Å². The summed E-state index contributed by atoms with van der Waals surface area (Å²) in [5.41, 5.74) is 0.381. The molecule has 0 aliphatic carbocycles. The minimum atomic E-state index is -1.23. The maximum absolute atomic E-state index is 14.4. The first kappa shape index (κ1) is 21.4. The van der Waals surface area contributed by atoms with Gasteiger partial charge in [-0.2, -0.15) is 0 Å². The van der Waals surface area contributed by atoms with Crippen LogP contribution in [-0.2, 0) is 33.3 Å². The standard InChI is InChI=1S/C20H20FNO8/c1-10(24)28-16-9-27-20(19(30-12(3)26)18(16)29-11(2)25)22-7-13(8-23)17-14(21)5-4-6-15(17)22/h4-8,16,18-20H,9H2,1-3H3/t16-,18+,19-,20-/m1/s1. The number of rotatable bonds is 5. The first-order chi connectivity index (χ1) is 14.2. The summed E-state index contributed by atoms with van der Waals surface area (Å²) < 4.78 is 37.4. The van der Waals surface area contributed by atoms with Crippen molar-refractivity contribution in [2.24, 2.45) is 0 Å². The van der Waals surface area contributed by atoms with Crippen molar-refractivity contribution in [3.05, 3.63) is 35.8 Å². The number of hydrogen-bond acceptors (Lipinski definition) is 8. The quantitative estimate of drug-likeness (QED) is 0.409. The number of aldehydes is 1. The summed E-state index contributed by atoms with van der Waals surface area (Å²) in [6, 6.07) is 4.24. The van der Waals surface area contributed by atoms with E-state index in [1.54, 1.807) is 6.07 Å². The summed E-state index contributed by atoms with van der Waals surface area (Å²) in [5, 5.41) is 0.0730. The van der Waals surface area contributed by atoms with Crippen LogP contribution in [0.15, 0.2) is 24.4 Å². The third-order valence-corrected chi connectivity index (χ3v) is 4.56. The van der Waals surface area contributed by atoms with Gasteiger partial charge in [0.15, 0.2) is 30.8 Å². The molecule has 0 unspecified atom stereocenters. The van der Waals surface area contributed by atoms with E-state index < -0.39 is 48.3 Å². The molecule has 1 fully saturated rings. The summed E-state index contributed by atoms with van der Waals surface area (Å²) in [5.74, 6) is -2.64. The zero-order valence-electron chi connectivity index (χ0n) is 16.5. The molecule has 0 N–H and O–H groups in total. The van der Waals surface area contributed by atoms with Crippen molar-refractivity contribution in [2.75, 3.05) is 6.61 Å². The Labute approximate surface area is 170 Å². The van der Waals surface area contributed by atoms with Crippen LogP contribution >= 0.6 is 0 Å². The van der Waals surface area contributed by atoms with Crippen LogP contribution in [0.25, 0.3) is 10.9 Å². The van der Waals surface area contributed by atoms with Gasteiger partial charge in [0.05, 0.1) is 12.1 Å². The molecule has 2 heterocycles. The Morgan fingerprint density at radius 2 is 1.70 bits per heavy atom. The number of carbonyl (C=O) groups is 4. The summed E-state index contributed by atoms with van der Waals surface area (Å²) >= 11 is 0. The summed E-state index contributed by atoms with van der Waals surface area (Å²) in [7, 11) is 0. The lowest BCUT2D eigenvalue weighted by Crippen LogP contribution is -2.55. The molecule has 0 radical (unpaired) electrons. The van der Waals surface area contributed by atoms with Gasteiger partial charge in [-0.05, 0) is 12.1 Å². The van der Waals surface area contributed by atoms with Crippen LogP contribution in [0.2, 0.25) is 0 Å². The minimum absolute atomic E-state index is 0.0689. The molecule has 1 aromatic heterocycles. The van der Waals surface area contributed by atoms with Crippen molar-refractivity contribution >= 4 is 35.1 Å². The average Bonchev–Trinajstić information content (AvgIpc) is 3.03. The van der Waals surface area contributed by atoms with Crippen LogP contribution in [0, 0.1) is 5.82 Å². The van der Waals surface area contributed by atoms with Gasteiger partial charge in [-0.25, -0.2) is 4.39 Å². The number of hydrogen-bond donors (Lipinski definition) is 0. The predicted octanol–water partition coefficient (Wildman–Crippen LogP) is 1.92. The van der Waals surface area contributed by atoms with E-state index >= 15 is 0 Å². The molecule has 1 aliphatic heterocycles. The molecule has 10 heteroatoms. The van der Waals surface area contributed by atoms with Crippen LogP contribution in [0.5, 0.6) is 0 Å². The van der Waals surface area contributed by atoms with Crippen molar-refractivity contribution in [2.45, 2.75) is 45.3 Å². The molecule has 0 saturated carbocycles. The van der Waals surface area contributed by atoms with Gasteiger partial charge < -0.3 is 23.5 Å². The van der Waals surface area contributed by atoms with Crippen LogP contribution in [0.1, 0.15) is 37.4 Å². The number of esters is 3. The molecule has 1 aromatic carbocycles. The number of nitrogens with zero attached hydrogens (tertiary/aromatic N) is 1. The zero-order valence-corrected chi connectivity index (χ0v) is 16.5. The van der Waals surface area contributed by atoms with E-state index in [9.17, 15) is 23.6 Å². The zero-order chi connectivity index (χ0) is 22.0. The highest BCUT2D eigenvalue weighted by Crippen LogP contribution is 2.35. The number of halogens is 1. The number of ether oxygens (including phenoxy) is 4. The highest BCUT2D eigenvalue weighted by atomic mass is 19.1. The highest BCUT2D eigenvalue weighted by molar-refractivity contribution is 5.98. The number of aromatic nitrogens is 1. The number of fused-ring (bicyclic) bond motifs is 1. The van der Waals surface area contributed by atoms with Gasteiger partial charge in [-0.1, -0.05) is 6.07 Å². The van der Waals surface area contributed by atoms with Crippen LogP contribution < -0.4 is 0 Å². The van der Waals surface area contributed by atoms with E-state index in [1.807, 2.05) is 0 Å². The van der Waals surface area contributed by atoms with Crippen molar-refractivity contribution in [1.29, 1.82) is 0 Å². The second-order valence-corrected chi connectivity index (χ2v) is 6.76. The minimum Gasteiger partial charge on any atom is -0.456 e. The molecule has 160 valence electrons. The molecule has 0 spiro atoms. The average molecular weight is 421 g/mol. The topological polar surface area (TPSA) is 110 Å². The van der Waals surface area contributed by atoms with E-state index in [-0.39, 0.29) is 17.6 Å². The van der Waals surface area contributed by atoms with Gasteiger partial charge in [-0.3, -0.25) is 19.2 Å². The lowest BCUT2D eigenvalue weighted by Gasteiger charge is -2.41. The van der Waals surface area contributed by atoms with Crippen molar-refractivity contribution in [1.82, 2.24) is 4.57 Å². The Balaban J connectivity index is 2.11. The third-order valence-electron chi connectivity index (χ3n) is 4.56. The Bertz CT molecular complexity index is 1000. The van der Waals surface area contributed by atoms with Gasteiger partial charge in [0.25, 0.3) is 0 Å². The Morgan fingerprint density at radius 3 is 2.30 bits per heavy atom. The van der Waals surface area contributed by atoms with E-state index in [1.165, 1.54) is 29.8 Å². The van der Waals surface area contributed by atoms with Crippen molar-refractivity contribution < 1.29 is 42.5 Å². The molecule has 30 heavy (non-hydrogen) atoms. The van der Waals surface area contributed by atoms with E-state index in [4.69, 9.17) is 18.9 Å². The fraction of sp³-hybridized carbons (Fsp3) is 0.400. The summed E-state index contributed by atoms with van der Waals surface area (Å²) in [6.45, 7) is 3.30. The molecular weight excluding hydrogens is 401 g/mol. The van der Waals surface area contributed by atoms with Crippen molar-refractivity contribution in [3.8, 4) is 0 Å². The number of carbonyl (C=O) groups excluding carboxylic acids is 4. The molecular formula is C20H20FNO8. The predicted molar refractivity (Wildman–Crippen MR) is 98.9 cm³/mol.